The van der Waals surface area contributed by atoms with E-state index in [0.717, 1.165) is 6.42 Å². The first-order valence-corrected chi connectivity index (χ1v) is 6.99. The Hall–Kier alpha value is -1.88. The monoisotopic (exact) mass is 276 g/mol. The Bertz CT molecular complexity index is 593. The number of carboxylic acid groups (broad SMARTS) is 1. The third-order valence-electron chi connectivity index (χ3n) is 3.01. The fraction of sp³-hybridized carbons (Fsp3) is 0.286. The Balaban J connectivity index is 2.20. The summed E-state index contributed by atoms with van der Waals surface area (Å²) in [5, 5.41) is 14.4. The van der Waals surface area contributed by atoms with Gasteiger partial charge in [0.1, 0.15) is 11.4 Å². The summed E-state index contributed by atoms with van der Waals surface area (Å²) in [5.41, 5.74) is 2.26. The molecule has 0 atom stereocenters. The SMILES string of the molecule is CCc1ccsc1CNc1nccc(C)c1C(=O)O. The fourth-order valence-corrected chi connectivity index (χ4v) is 2.88. The molecule has 0 radical (unpaired) electrons. The molecule has 0 unspecified atom stereocenters. The van der Waals surface area contributed by atoms with E-state index in [0.29, 0.717) is 17.9 Å². The molecule has 4 nitrogen and oxygen atoms in total. The summed E-state index contributed by atoms with van der Waals surface area (Å²) < 4.78 is 0. The molecule has 0 aliphatic heterocycles. The number of pyridine rings is 1. The molecule has 19 heavy (non-hydrogen) atoms. The van der Waals surface area contributed by atoms with Gasteiger partial charge in [-0.1, -0.05) is 6.92 Å². The lowest BCUT2D eigenvalue weighted by molar-refractivity contribution is 0.0697. The molecule has 0 aliphatic rings. The van der Waals surface area contributed by atoms with Gasteiger partial charge >= 0.3 is 5.97 Å². The number of anilines is 1. The van der Waals surface area contributed by atoms with Crippen LogP contribution in [0.1, 0.15) is 33.3 Å². The zero-order valence-electron chi connectivity index (χ0n) is 10.9. The lowest BCUT2D eigenvalue weighted by Gasteiger charge is -2.10. The number of nitrogens with zero attached hydrogens (tertiary/aromatic N) is 1. The maximum Gasteiger partial charge on any atom is 0.339 e. The van der Waals surface area contributed by atoms with Gasteiger partial charge in [-0.2, -0.15) is 0 Å². The van der Waals surface area contributed by atoms with Crippen LogP contribution in [0.25, 0.3) is 0 Å². The molecule has 2 aromatic rings. The number of thiophene rings is 1. The summed E-state index contributed by atoms with van der Waals surface area (Å²) in [6, 6.07) is 3.81. The van der Waals surface area contributed by atoms with E-state index in [1.807, 2.05) is 0 Å². The zero-order chi connectivity index (χ0) is 13.8. The minimum atomic E-state index is -0.949. The highest BCUT2D eigenvalue weighted by Crippen LogP contribution is 2.21. The van der Waals surface area contributed by atoms with Gasteiger partial charge in [-0.15, -0.1) is 11.3 Å². The van der Waals surface area contributed by atoms with Crippen LogP contribution in [-0.4, -0.2) is 16.1 Å². The summed E-state index contributed by atoms with van der Waals surface area (Å²) in [4.78, 5) is 16.6. The van der Waals surface area contributed by atoms with Crippen molar-refractivity contribution in [2.45, 2.75) is 26.8 Å². The number of aromatic nitrogens is 1. The van der Waals surface area contributed by atoms with Gasteiger partial charge in [-0.3, -0.25) is 0 Å². The van der Waals surface area contributed by atoms with E-state index in [9.17, 15) is 9.90 Å². The first-order valence-electron chi connectivity index (χ1n) is 6.11. The number of carboxylic acids is 1. The van der Waals surface area contributed by atoms with Crippen LogP contribution in [0.3, 0.4) is 0 Å². The molecule has 100 valence electrons. The second-order valence-electron chi connectivity index (χ2n) is 4.23. The number of aromatic carboxylic acids is 1. The van der Waals surface area contributed by atoms with Gasteiger partial charge in [0.15, 0.2) is 0 Å². The maximum absolute atomic E-state index is 11.2. The Kier molecular flexibility index (Phi) is 4.16. The second-order valence-corrected chi connectivity index (χ2v) is 5.23. The number of carbonyl (C=O) groups is 1. The Morgan fingerprint density at radius 2 is 2.26 bits per heavy atom. The van der Waals surface area contributed by atoms with Crippen LogP contribution < -0.4 is 5.32 Å². The van der Waals surface area contributed by atoms with E-state index >= 15 is 0 Å². The zero-order valence-corrected chi connectivity index (χ0v) is 11.8. The van der Waals surface area contributed by atoms with Gasteiger partial charge in [0.25, 0.3) is 0 Å². The Morgan fingerprint density at radius 3 is 2.95 bits per heavy atom. The molecule has 0 fully saturated rings. The molecule has 0 aliphatic carbocycles. The summed E-state index contributed by atoms with van der Waals surface area (Å²) in [5.74, 6) is -0.516. The molecule has 0 spiro atoms. The maximum atomic E-state index is 11.2. The number of hydrogen-bond acceptors (Lipinski definition) is 4. The predicted molar refractivity (Wildman–Crippen MR) is 77.0 cm³/mol. The molecule has 0 saturated carbocycles. The van der Waals surface area contributed by atoms with E-state index in [2.05, 4.69) is 28.7 Å². The van der Waals surface area contributed by atoms with Crippen molar-refractivity contribution in [2.75, 3.05) is 5.32 Å². The van der Waals surface area contributed by atoms with Gasteiger partial charge in [-0.05, 0) is 42.0 Å². The molecular weight excluding hydrogens is 260 g/mol. The highest BCUT2D eigenvalue weighted by Gasteiger charge is 2.14. The van der Waals surface area contributed by atoms with Crippen LogP contribution in [0.2, 0.25) is 0 Å². The number of rotatable bonds is 5. The molecule has 2 N–H and O–H groups in total. The summed E-state index contributed by atoms with van der Waals surface area (Å²) >= 11 is 1.67. The predicted octanol–water partition coefficient (Wildman–Crippen LogP) is 3.32. The van der Waals surface area contributed by atoms with E-state index in [-0.39, 0.29) is 5.56 Å². The number of nitrogens with one attached hydrogen (secondary N) is 1. The molecule has 0 aromatic carbocycles. The molecule has 0 bridgehead atoms. The largest absolute Gasteiger partial charge is 0.478 e. The molecular formula is C14H16N2O2S. The van der Waals surface area contributed by atoms with Crippen LogP contribution in [0.15, 0.2) is 23.7 Å². The van der Waals surface area contributed by atoms with Crippen LogP contribution >= 0.6 is 11.3 Å². The van der Waals surface area contributed by atoms with Crippen molar-refractivity contribution in [3.8, 4) is 0 Å². The molecule has 0 saturated heterocycles. The first kappa shape index (κ1) is 13.5. The van der Waals surface area contributed by atoms with E-state index in [4.69, 9.17) is 0 Å². The second kappa shape index (κ2) is 5.84. The Labute approximate surface area is 116 Å². The topological polar surface area (TPSA) is 62.2 Å². The molecule has 0 amide bonds. The van der Waals surface area contributed by atoms with Crippen molar-refractivity contribution in [1.82, 2.24) is 4.98 Å². The van der Waals surface area contributed by atoms with Crippen molar-refractivity contribution in [3.05, 3.63) is 45.3 Å². The van der Waals surface area contributed by atoms with E-state index in [1.54, 1.807) is 30.5 Å². The van der Waals surface area contributed by atoms with Crippen molar-refractivity contribution < 1.29 is 9.90 Å². The van der Waals surface area contributed by atoms with Crippen LogP contribution in [0.5, 0.6) is 0 Å². The molecule has 2 heterocycles. The van der Waals surface area contributed by atoms with Gasteiger partial charge < -0.3 is 10.4 Å². The third-order valence-corrected chi connectivity index (χ3v) is 3.97. The fourth-order valence-electron chi connectivity index (χ4n) is 1.96. The van der Waals surface area contributed by atoms with Gasteiger partial charge in [0.05, 0.1) is 6.54 Å². The highest BCUT2D eigenvalue weighted by molar-refractivity contribution is 7.10. The van der Waals surface area contributed by atoms with Gasteiger partial charge in [0, 0.05) is 11.1 Å². The van der Waals surface area contributed by atoms with Crippen LogP contribution in [-0.2, 0) is 13.0 Å². The average molecular weight is 276 g/mol. The van der Waals surface area contributed by atoms with Crippen molar-refractivity contribution in [3.63, 3.8) is 0 Å². The molecule has 2 rings (SSSR count). The first-order chi connectivity index (χ1) is 9.13. The lowest BCUT2D eigenvalue weighted by Crippen LogP contribution is -2.10. The van der Waals surface area contributed by atoms with Gasteiger partial charge in [0.2, 0.25) is 0 Å². The van der Waals surface area contributed by atoms with E-state index in [1.165, 1.54) is 10.4 Å². The van der Waals surface area contributed by atoms with E-state index < -0.39 is 5.97 Å². The summed E-state index contributed by atoms with van der Waals surface area (Å²) in [6.45, 7) is 4.50. The summed E-state index contributed by atoms with van der Waals surface area (Å²) in [6.07, 6.45) is 2.60. The normalized spacial score (nSPS) is 10.4. The Morgan fingerprint density at radius 1 is 1.47 bits per heavy atom. The van der Waals surface area contributed by atoms with Crippen LogP contribution in [0.4, 0.5) is 5.82 Å². The van der Waals surface area contributed by atoms with Crippen molar-refractivity contribution in [2.24, 2.45) is 0 Å². The smallest absolute Gasteiger partial charge is 0.339 e. The third kappa shape index (κ3) is 2.93. The standard InChI is InChI=1S/C14H16N2O2S/c1-3-10-5-7-19-11(10)8-16-13-12(14(17)18)9(2)4-6-15-13/h4-7H,3,8H2,1-2H3,(H,15,16)(H,17,18). The minimum Gasteiger partial charge on any atom is -0.478 e. The molecule has 5 heteroatoms. The average Bonchev–Trinajstić information content (AvgIpc) is 2.83. The quantitative estimate of drug-likeness (QED) is 0.879. The number of aryl methyl sites for hydroxylation is 2. The highest BCUT2D eigenvalue weighted by atomic mass is 32.1. The van der Waals surface area contributed by atoms with Crippen molar-refractivity contribution >= 4 is 23.1 Å². The van der Waals surface area contributed by atoms with Crippen molar-refractivity contribution in [1.29, 1.82) is 0 Å². The minimum absolute atomic E-state index is 0.247. The lowest BCUT2D eigenvalue weighted by atomic mass is 10.1. The number of hydrogen-bond donors (Lipinski definition) is 2. The van der Waals surface area contributed by atoms with Gasteiger partial charge in [-0.25, -0.2) is 9.78 Å². The molecule has 2 aromatic heterocycles. The summed E-state index contributed by atoms with van der Waals surface area (Å²) in [7, 11) is 0. The van der Waals surface area contributed by atoms with Crippen LogP contribution in [0, 0.1) is 6.92 Å².